The molecule has 0 aromatic carbocycles. The molecule has 0 bridgehead atoms. The van der Waals surface area contributed by atoms with E-state index in [-0.39, 0.29) is 12.5 Å². The quantitative estimate of drug-likeness (QED) is 0.815. The van der Waals surface area contributed by atoms with Crippen LogP contribution >= 0.6 is 0 Å². The van der Waals surface area contributed by atoms with Crippen molar-refractivity contribution in [2.45, 2.75) is 13.0 Å². The van der Waals surface area contributed by atoms with E-state index in [0.717, 1.165) is 6.42 Å². The van der Waals surface area contributed by atoms with Crippen LogP contribution in [-0.2, 0) is 16.1 Å². The van der Waals surface area contributed by atoms with Gasteiger partial charge in [-0.1, -0.05) is 6.08 Å². The molecule has 2 heterocycles. The number of aliphatic carboxylic acids is 1. The first-order chi connectivity index (χ1) is 9.61. The fourth-order valence-electron chi connectivity index (χ4n) is 2.27. The normalized spacial score (nSPS) is 15.1. The van der Waals surface area contributed by atoms with Crippen LogP contribution < -0.4 is 0 Å². The lowest BCUT2D eigenvalue weighted by Crippen LogP contribution is -2.36. The van der Waals surface area contributed by atoms with Crippen molar-refractivity contribution in [2.75, 3.05) is 26.8 Å². The van der Waals surface area contributed by atoms with Gasteiger partial charge in [-0.2, -0.15) is 0 Å². The number of carboxylic acid groups (broad SMARTS) is 1. The number of hydrogen-bond donors (Lipinski definition) is 1. The molecule has 1 aliphatic rings. The van der Waals surface area contributed by atoms with E-state index < -0.39 is 5.97 Å². The zero-order valence-corrected chi connectivity index (χ0v) is 11.4. The number of ether oxygens (including phenoxy) is 1. The molecule has 1 aliphatic heterocycles. The number of methoxy groups -OCH3 is 1. The SMILES string of the molecule is COCC1=CCN(C(=O)c2cccn2CC(=O)O)CC1. The van der Waals surface area contributed by atoms with Gasteiger partial charge in [0.05, 0.1) is 6.61 Å². The van der Waals surface area contributed by atoms with E-state index in [0.29, 0.717) is 25.4 Å². The van der Waals surface area contributed by atoms with Crippen molar-refractivity contribution in [2.24, 2.45) is 0 Å². The van der Waals surface area contributed by atoms with Gasteiger partial charge in [-0.05, 0) is 24.1 Å². The second-order valence-corrected chi connectivity index (χ2v) is 4.71. The van der Waals surface area contributed by atoms with Crippen molar-refractivity contribution in [1.29, 1.82) is 0 Å². The van der Waals surface area contributed by atoms with Crippen LogP contribution in [0.2, 0.25) is 0 Å². The van der Waals surface area contributed by atoms with Crippen LogP contribution in [0, 0.1) is 0 Å². The smallest absolute Gasteiger partial charge is 0.323 e. The number of carboxylic acids is 1. The highest BCUT2D eigenvalue weighted by molar-refractivity contribution is 5.93. The highest BCUT2D eigenvalue weighted by Crippen LogP contribution is 2.14. The predicted molar refractivity (Wildman–Crippen MR) is 72.5 cm³/mol. The molecule has 1 N–H and O–H groups in total. The molecule has 0 fully saturated rings. The van der Waals surface area contributed by atoms with Crippen molar-refractivity contribution in [3.8, 4) is 0 Å². The number of nitrogens with zero attached hydrogens (tertiary/aromatic N) is 2. The Morgan fingerprint density at radius 2 is 2.25 bits per heavy atom. The Balaban J connectivity index is 2.06. The second kappa shape index (κ2) is 6.38. The molecule has 6 heteroatoms. The van der Waals surface area contributed by atoms with Crippen molar-refractivity contribution in [3.63, 3.8) is 0 Å². The van der Waals surface area contributed by atoms with Crippen molar-refractivity contribution in [3.05, 3.63) is 35.7 Å². The minimum atomic E-state index is -0.962. The van der Waals surface area contributed by atoms with Crippen LogP contribution in [0.15, 0.2) is 30.0 Å². The van der Waals surface area contributed by atoms with Gasteiger partial charge in [-0.25, -0.2) is 0 Å². The first kappa shape index (κ1) is 14.3. The van der Waals surface area contributed by atoms with E-state index in [1.165, 1.54) is 10.1 Å². The molecule has 2 rings (SSSR count). The summed E-state index contributed by atoms with van der Waals surface area (Å²) < 4.78 is 6.53. The third kappa shape index (κ3) is 3.27. The van der Waals surface area contributed by atoms with Gasteiger partial charge in [0.1, 0.15) is 12.2 Å². The minimum Gasteiger partial charge on any atom is -0.480 e. The number of aromatic nitrogens is 1. The van der Waals surface area contributed by atoms with Gasteiger partial charge in [0.2, 0.25) is 0 Å². The standard InChI is InChI=1S/C14H18N2O4/c1-20-10-11-4-7-15(8-5-11)14(19)12-3-2-6-16(12)9-13(17)18/h2-4,6H,5,7-10H2,1H3,(H,17,18). The minimum absolute atomic E-state index is 0.135. The zero-order valence-electron chi connectivity index (χ0n) is 11.4. The van der Waals surface area contributed by atoms with Gasteiger partial charge >= 0.3 is 5.97 Å². The molecule has 1 aromatic heterocycles. The highest BCUT2D eigenvalue weighted by Gasteiger charge is 2.21. The fourth-order valence-corrected chi connectivity index (χ4v) is 2.27. The number of carbonyl (C=O) groups is 2. The van der Waals surface area contributed by atoms with E-state index in [1.807, 2.05) is 6.08 Å². The van der Waals surface area contributed by atoms with Gasteiger partial charge in [0, 0.05) is 26.4 Å². The van der Waals surface area contributed by atoms with E-state index >= 15 is 0 Å². The molecule has 0 aliphatic carbocycles. The summed E-state index contributed by atoms with van der Waals surface area (Å²) >= 11 is 0. The van der Waals surface area contributed by atoms with Crippen LogP contribution in [0.25, 0.3) is 0 Å². The van der Waals surface area contributed by atoms with E-state index in [9.17, 15) is 9.59 Å². The summed E-state index contributed by atoms with van der Waals surface area (Å²) in [5.41, 5.74) is 1.61. The Labute approximate surface area is 117 Å². The van der Waals surface area contributed by atoms with Crippen LogP contribution in [0.1, 0.15) is 16.9 Å². The predicted octanol–water partition coefficient (Wildman–Crippen LogP) is 0.991. The largest absolute Gasteiger partial charge is 0.480 e. The van der Waals surface area contributed by atoms with Gasteiger partial charge < -0.3 is 19.3 Å². The molecule has 0 unspecified atom stereocenters. The molecule has 0 radical (unpaired) electrons. The van der Waals surface area contributed by atoms with Gasteiger partial charge in [0.15, 0.2) is 0 Å². The molecule has 0 spiro atoms. The number of carbonyl (C=O) groups excluding carboxylic acids is 1. The van der Waals surface area contributed by atoms with Crippen molar-refractivity contribution < 1.29 is 19.4 Å². The summed E-state index contributed by atoms with van der Waals surface area (Å²) in [7, 11) is 1.65. The summed E-state index contributed by atoms with van der Waals surface area (Å²) in [4.78, 5) is 24.9. The lowest BCUT2D eigenvalue weighted by Gasteiger charge is -2.26. The fraction of sp³-hybridized carbons (Fsp3) is 0.429. The molecular weight excluding hydrogens is 260 g/mol. The molecule has 108 valence electrons. The van der Waals surface area contributed by atoms with E-state index in [2.05, 4.69) is 0 Å². The maximum atomic E-state index is 12.4. The number of amides is 1. The molecule has 0 saturated heterocycles. The molecule has 6 nitrogen and oxygen atoms in total. The van der Waals surface area contributed by atoms with Crippen LogP contribution in [0.4, 0.5) is 0 Å². The Kier molecular flexibility index (Phi) is 4.57. The number of hydrogen-bond acceptors (Lipinski definition) is 3. The molecule has 0 saturated carbocycles. The topological polar surface area (TPSA) is 71.8 Å². The van der Waals surface area contributed by atoms with Crippen LogP contribution in [0.5, 0.6) is 0 Å². The molecule has 20 heavy (non-hydrogen) atoms. The second-order valence-electron chi connectivity index (χ2n) is 4.71. The Hall–Kier alpha value is -2.08. The van der Waals surface area contributed by atoms with Gasteiger partial charge in [0.25, 0.3) is 5.91 Å². The van der Waals surface area contributed by atoms with Gasteiger partial charge in [-0.15, -0.1) is 0 Å². The molecule has 0 atom stereocenters. The lowest BCUT2D eigenvalue weighted by atomic mass is 10.1. The van der Waals surface area contributed by atoms with Gasteiger partial charge in [-0.3, -0.25) is 9.59 Å². The zero-order chi connectivity index (χ0) is 14.5. The van der Waals surface area contributed by atoms with E-state index in [4.69, 9.17) is 9.84 Å². The van der Waals surface area contributed by atoms with E-state index in [1.54, 1.807) is 30.3 Å². The van der Waals surface area contributed by atoms with Crippen LogP contribution in [-0.4, -0.2) is 53.3 Å². The lowest BCUT2D eigenvalue weighted by molar-refractivity contribution is -0.137. The first-order valence-corrected chi connectivity index (χ1v) is 6.45. The average Bonchev–Trinajstić information content (AvgIpc) is 2.86. The summed E-state index contributed by atoms with van der Waals surface area (Å²) in [5, 5.41) is 8.83. The summed E-state index contributed by atoms with van der Waals surface area (Å²) in [6, 6.07) is 3.34. The third-order valence-electron chi connectivity index (χ3n) is 3.27. The highest BCUT2D eigenvalue weighted by atomic mass is 16.5. The maximum Gasteiger partial charge on any atom is 0.323 e. The maximum absolute atomic E-state index is 12.4. The third-order valence-corrected chi connectivity index (χ3v) is 3.27. The molecular formula is C14H18N2O4. The average molecular weight is 278 g/mol. The Morgan fingerprint density at radius 1 is 1.45 bits per heavy atom. The first-order valence-electron chi connectivity index (χ1n) is 6.45. The Bertz CT molecular complexity index is 533. The number of rotatable bonds is 5. The summed E-state index contributed by atoms with van der Waals surface area (Å²) in [5.74, 6) is -1.10. The molecule has 1 aromatic rings. The van der Waals surface area contributed by atoms with Crippen molar-refractivity contribution >= 4 is 11.9 Å². The summed E-state index contributed by atoms with van der Waals surface area (Å²) in [6.07, 6.45) is 4.39. The Morgan fingerprint density at radius 3 is 2.85 bits per heavy atom. The van der Waals surface area contributed by atoms with Crippen LogP contribution in [0.3, 0.4) is 0 Å². The summed E-state index contributed by atoms with van der Waals surface area (Å²) in [6.45, 7) is 1.56. The van der Waals surface area contributed by atoms with Crippen molar-refractivity contribution in [1.82, 2.24) is 9.47 Å². The molecule has 1 amide bonds. The monoisotopic (exact) mass is 278 g/mol.